The van der Waals surface area contributed by atoms with Gasteiger partial charge in [0.1, 0.15) is 6.04 Å². The lowest BCUT2D eigenvalue weighted by Crippen LogP contribution is -2.47. The van der Waals surface area contributed by atoms with E-state index in [1.54, 1.807) is 12.1 Å². The molecular formula is C27H24Cl2N2O3. The molecule has 0 radical (unpaired) electrons. The number of fused-ring (bicyclic) bond motifs is 5. The number of Topliss-reactive ketones (excluding diaryl/α,β-unsaturated/α-hetero) is 1. The van der Waals surface area contributed by atoms with E-state index in [1.165, 1.54) is 11.0 Å². The molecule has 4 atom stereocenters. The maximum atomic E-state index is 13.9. The van der Waals surface area contributed by atoms with Crippen molar-refractivity contribution in [2.45, 2.75) is 50.2 Å². The van der Waals surface area contributed by atoms with Crippen molar-refractivity contribution in [3.05, 3.63) is 75.4 Å². The van der Waals surface area contributed by atoms with Crippen molar-refractivity contribution in [1.29, 1.82) is 0 Å². The van der Waals surface area contributed by atoms with E-state index in [4.69, 9.17) is 23.2 Å². The van der Waals surface area contributed by atoms with Gasteiger partial charge in [-0.2, -0.15) is 0 Å². The van der Waals surface area contributed by atoms with E-state index in [9.17, 15) is 14.4 Å². The molecule has 2 aromatic carbocycles. The summed E-state index contributed by atoms with van der Waals surface area (Å²) in [6, 6.07) is 11.4. The molecule has 1 aliphatic carbocycles. The van der Waals surface area contributed by atoms with Crippen molar-refractivity contribution in [3.63, 3.8) is 0 Å². The standard InChI is InChI=1S/C27H24Cl2N2O3/c28-16-10-11-19(20(29)14-16)25(32)24-22-21(23-18-9-5-4-6-15(18)12-13-30(23)24)26(33)31(27(22)34)17-7-2-1-3-8-17/h4-6,9-14,17,21-24H,1-3,7-8H2/t21-,22+,23-,24-/m0/s1. The van der Waals surface area contributed by atoms with Crippen molar-refractivity contribution >= 4 is 46.9 Å². The van der Waals surface area contributed by atoms with Crippen LogP contribution in [0.1, 0.15) is 59.6 Å². The molecule has 2 saturated heterocycles. The van der Waals surface area contributed by atoms with Gasteiger partial charge in [0.15, 0.2) is 5.78 Å². The summed E-state index contributed by atoms with van der Waals surface area (Å²) in [5.41, 5.74) is 2.31. The second-order valence-corrected chi connectivity index (χ2v) is 10.5. The van der Waals surface area contributed by atoms with Gasteiger partial charge in [0.05, 0.1) is 22.9 Å². The molecule has 3 heterocycles. The molecule has 0 aromatic heterocycles. The highest BCUT2D eigenvalue weighted by Gasteiger charge is 2.65. The van der Waals surface area contributed by atoms with Gasteiger partial charge in [-0.15, -0.1) is 0 Å². The highest BCUT2D eigenvalue weighted by atomic mass is 35.5. The number of benzene rings is 2. The Kier molecular flexibility index (Phi) is 5.30. The molecule has 3 aliphatic heterocycles. The maximum Gasteiger partial charge on any atom is 0.236 e. The van der Waals surface area contributed by atoms with Gasteiger partial charge >= 0.3 is 0 Å². The zero-order chi connectivity index (χ0) is 23.6. The first-order valence-corrected chi connectivity index (χ1v) is 12.6. The first-order chi connectivity index (χ1) is 16.5. The van der Waals surface area contributed by atoms with E-state index >= 15 is 0 Å². The quantitative estimate of drug-likeness (QED) is 0.416. The third kappa shape index (κ3) is 3.17. The molecule has 6 rings (SSSR count). The van der Waals surface area contributed by atoms with E-state index in [0.29, 0.717) is 10.6 Å². The molecule has 3 fully saturated rings. The van der Waals surface area contributed by atoms with Crippen molar-refractivity contribution in [3.8, 4) is 0 Å². The lowest BCUT2D eigenvalue weighted by molar-refractivity contribution is -0.144. The predicted molar refractivity (Wildman–Crippen MR) is 130 cm³/mol. The number of likely N-dealkylation sites (tertiary alicyclic amines) is 1. The Morgan fingerprint density at radius 2 is 1.65 bits per heavy atom. The number of ketones is 1. The van der Waals surface area contributed by atoms with Crippen LogP contribution in [0.2, 0.25) is 10.0 Å². The van der Waals surface area contributed by atoms with Crippen LogP contribution in [0.25, 0.3) is 6.08 Å². The Balaban J connectivity index is 1.47. The molecule has 2 aromatic rings. The number of halogens is 2. The first kappa shape index (κ1) is 21.9. The fourth-order valence-corrected chi connectivity index (χ4v) is 6.93. The van der Waals surface area contributed by atoms with Gasteiger partial charge in [-0.1, -0.05) is 66.7 Å². The molecule has 34 heavy (non-hydrogen) atoms. The Morgan fingerprint density at radius 1 is 0.912 bits per heavy atom. The smallest absolute Gasteiger partial charge is 0.236 e. The minimum absolute atomic E-state index is 0.0722. The highest BCUT2D eigenvalue weighted by molar-refractivity contribution is 6.37. The fraction of sp³-hybridized carbons (Fsp3) is 0.370. The van der Waals surface area contributed by atoms with Gasteiger partial charge in [0.25, 0.3) is 0 Å². The monoisotopic (exact) mass is 494 g/mol. The summed E-state index contributed by atoms with van der Waals surface area (Å²) >= 11 is 12.5. The molecule has 1 saturated carbocycles. The van der Waals surface area contributed by atoms with Gasteiger partial charge < -0.3 is 4.90 Å². The van der Waals surface area contributed by atoms with E-state index in [1.807, 2.05) is 41.4 Å². The summed E-state index contributed by atoms with van der Waals surface area (Å²) in [6.45, 7) is 0. The number of carbonyl (C=O) groups is 3. The third-order valence-corrected chi connectivity index (χ3v) is 8.45. The van der Waals surface area contributed by atoms with Gasteiger partial charge in [-0.3, -0.25) is 19.3 Å². The normalized spacial score (nSPS) is 28.2. The number of imide groups is 1. The number of nitrogens with zero attached hydrogens (tertiary/aromatic N) is 2. The Bertz CT molecular complexity index is 1240. The average molecular weight is 495 g/mol. The van der Waals surface area contributed by atoms with Crippen LogP contribution >= 0.6 is 23.2 Å². The zero-order valence-corrected chi connectivity index (χ0v) is 20.0. The van der Waals surface area contributed by atoms with Gasteiger partial charge in [-0.05, 0) is 48.2 Å². The van der Waals surface area contributed by atoms with Gasteiger partial charge in [0.2, 0.25) is 11.8 Å². The highest BCUT2D eigenvalue weighted by Crippen LogP contribution is 2.54. The van der Waals surface area contributed by atoms with E-state index in [-0.39, 0.29) is 34.7 Å². The summed E-state index contributed by atoms with van der Waals surface area (Å²) in [5.74, 6) is -1.95. The summed E-state index contributed by atoms with van der Waals surface area (Å²) in [5, 5.41) is 0.686. The molecule has 0 unspecified atom stereocenters. The molecule has 174 valence electrons. The van der Waals surface area contributed by atoms with E-state index in [2.05, 4.69) is 0 Å². The largest absolute Gasteiger partial charge is 0.358 e. The summed E-state index contributed by atoms with van der Waals surface area (Å²) < 4.78 is 0. The molecule has 7 heteroatoms. The van der Waals surface area contributed by atoms with Crippen molar-refractivity contribution < 1.29 is 14.4 Å². The van der Waals surface area contributed by atoms with Gasteiger partial charge in [-0.25, -0.2) is 0 Å². The van der Waals surface area contributed by atoms with Crippen LogP contribution in [-0.2, 0) is 9.59 Å². The lowest BCUT2D eigenvalue weighted by atomic mass is 9.83. The Hall–Kier alpha value is -2.63. The zero-order valence-electron chi connectivity index (χ0n) is 18.5. The van der Waals surface area contributed by atoms with Crippen LogP contribution in [0.3, 0.4) is 0 Å². The minimum atomic E-state index is -0.802. The minimum Gasteiger partial charge on any atom is -0.358 e. The van der Waals surface area contributed by atoms with Crippen LogP contribution in [0.15, 0.2) is 48.7 Å². The van der Waals surface area contributed by atoms with Crippen molar-refractivity contribution in [1.82, 2.24) is 9.80 Å². The summed E-state index contributed by atoms with van der Waals surface area (Å²) in [4.78, 5) is 45.1. The van der Waals surface area contributed by atoms with Crippen LogP contribution < -0.4 is 0 Å². The number of hydrogen-bond donors (Lipinski definition) is 0. The van der Waals surface area contributed by atoms with Crippen LogP contribution in [-0.4, -0.2) is 39.5 Å². The molecule has 0 bridgehead atoms. The number of amides is 2. The molecule has 0 N–H and O–H groups in total. The number of rotatable bonds is 3. The topological polar surface area (TPSA) is 57.7 Å². The number of hydrogen-bond acceptors (Lipinski definition) is 4. The Morgan fingerprint density at radius 3 is 2.41 bits per heavy atom. The second kappa shape index (κ2) is 8.24. The van der Waals surface area contributed by atoms with Crippen LogP contribution in [0.5, 0.6) is 0 Å². The average Bonchev–Trinajstić information content (AvgIpc) is 3.32. The second-order valence-electron chi connectivity index (χ2n) is 9.66. The van der Waals surface area contributed by atoms with Crippen molar-refractivity contribution in [2.75, 3.05) is 0 Å². The van der Waals surface area contributed by atoms with Crippen LogP contribution in [0.4, 0.5) is 0 Å². The number of carbonyl (C=O) groups excluding carboxylic acids is 3. The molecule has 4 aliphatic rings. The van der Waals surface area contributed by atoms with E-state index in [0.717, 1.165) is 43.2 Å². The predicted octanol–water partition coefficient (Wildman–Crippen LogP) is 5.52. The lowest BCUT2D eigenvalue weighted by Gasteiger charge is -2.37. The van der Waals surface area contributed by atoms with E-state index < -0.39 is 17.9 Å². The van der Waals surface area contributed by atoms with Gasteiger partial charge in [0, 0.05) is 22.8 Å². The third-order valence-electron chi connectivity index (χ3n) is 7.90. The SMILES string of the molecule is O=C(c1ccc(Cl)cc1Cl)[C@@H]1[C@@H]2C(=O)N(C3CCCCC3)C(=O)[C@@H]2[C@@H]2c3ccccc3C=CN12. The van der Waals surface area contributed by atoms with Crippen molar-refractivity contribution in [2.24, 2.45) is 11.8 Å². The maximum absolute atomic E-state index is 13.9. The molecular weight excluding hydrogens is 471 g/mol. The summed E-state index contributed by atoms with van der Waals surface area (Å²) in [7, 11) is 0. The molecule has 5 nitrogen and oxygen atoms in total. The summed E-state index contributed by atoms with van der Waals surface area (Å²) in [6.07, 6.45) is 8.65. The fourth-order valence-electron chi connectivity index (χ4n) is 6.43. The Labute approximate surface area is 208 Å². The first-order valence-electron chi connectivity index (χ1n) is 11.9. The van der Waals surface area contributed by atoms with Crippen LogP contribution in [0, 0.1) is 11.8 Å². The molecule has 0 spiro atoms. The molecule has 2 amide bonds.